The lowest BCUT2D eigenvalue weighted by Gasteiger charge is -2.15. The second-order valence-corrected chi connectivity index (χ2v) is 6.47. The summed E-state index contributed by atoms with van der Waals surface area (Å²) in [6.07, 6.45) is 0. The van der Waals surface area contributed by atoms with Crippen molar-refractivity contribution < 1.29 is 4.39 Å². The van der Waals surface area contributed by atoms with E-state index in [0.29, 0.717) is 12.1 Å². The van der Waals surface area contributed by atoms with Gasteiger partial charge in [0.25, 0.3) is 0 Å². The summed E-state index contributed by atoms with van der Waals surface area (Å²) in [5.74, 6) is 0.626. The SMILES string of the molecule is CCn1c(CN(C)Cc2csc(C)n2)nc2c(F)cccc21. The first-order valence-corrected chi connectivity index (χ1v) is 8.19. The Hall–Kier alpha value is -1.79. The molecule has 4 nitrogen and oxygen atoms in total. The largest absolute Gasteiger partial charge is 0.327 e. The van der Waals surface area contributed by atoms with Gasteiger partial charge in [-0.05, 0) is 33.0 Å². The number of nitrogens with zero attached hydrogens (tertiary/aromatic N) is 4. The quantitative estimate of drug-likeness (QED) is 0.721. The molecule has 0 saturated heterocycles. The van der Waals surface area contributed by atoms with Gasteiger partial charge in [-0.25, -0.2) is 14.4 Å². The average Bonchev–Trinajstić information content (AvgIpc) is 3.03. The molecule has 2 aromatic heterocycles. The molecule has 116 valence electrons. The Morgan fingerprint density at radius 2 is 2.09 bits per heavy atom. The number of thiazole rings is 1. The van der Waals surface area contributed by atoms with Crippen molar-refractivity contribution in [3.8, 4) is 0 Å². The van der Waals surface area contributed by atoms with E-state index in [-0.39, 0.29) is 5.82 Å². The normalized spacial score (nSPS) is 11.7. The number of rotatable bonds is 5. The molecule has 0 amide bonds. The Morgan fingerprint density at radius 1 is 1.27 bits per heavy atom. The Kier molecular flexibility index (Phi) is 4.22. The number of hydrogen-bond acceptors (Lipinski definition) is 4. The zero-order chi connectivity index (χ0) is 15.7. The van der Waals surface area contributed by atoms with Crippen LogP contribution in [0.2, 0.25) is 0 Å². The minimum Gasteiger partial charge on any atom is -0.327 e. The lowest BCUT2D eigenvalue weighted by atomic mass is 10.3. The van der Waals surface area contributed by atoms with Crippen molar-refractivity contribution >= 4 is 22.4 Å². The van der Waals surface area contributed by atoms with Gasteiger partial charge in [-0.15, -0.1) is 11.3 Å². The molecule has 3 rings (SSSR count). The van der Waals surface area contributed by atoms with Gasteiger partial charge in [0.05, 0.1) is 22.8 Å². The first-order chi connectivity index (χ1) is 10.6. The highest BCUT2D eigenvalue weighted by atomic mass is 32.1. The van der Waals surface area contributed by atoms with Crippen molar-refractivity contribution in [2.45, 2.75) is 33.5 Å². The van der Waals surface area contributed by atoms with E-state index in [1.165, 1.54) is 6.07 Å². The number of fused-ring (bicyclic) bond motifs is 1. The lowest BCUT2D eigenvalue weighted by molar-refractivity contribution is 0.303. The molecule has 0 saturated carbocycles. The standard InChI is InChI=1S/C16H19FN4S/c1-4-21-14-7-5-6-13(17)16(14)19-15(21)9-20(3)8-12-10-22-11(2)18-12/h5-7,10H,4,8-9H2,1-3H3. The molecule has 22 heavy (non-hydrogen) atoms. The first-order valence-electron chi connectivity index (χ1n) is 7.31. The number of aryl methyl sites for hydroxylation is 2. The van der Waals surface area contributed by atoms with E-state index in [1.54, 1.807) is 17.4 Å². The summed E-state index contributed by atoms with van der Waals surface area (Å²) in [7, 11) is 2.03. The van der Waals surface area contributed by atoms with Crippen molar-refractivity contribution in [1.82, 2.24) is 19.4 Å². The van der Waals surface area contributed by atoms with Crippen molar-refractivity contribution in [2.75, 3.05) is 7.05 Å². The number of benzene rings is 1. The highest BCUT2D eigenvalue weighted by Crippen LogP contribution is 2.20. The Balaban J connectivity index is 1.85. The number of aromatic nitrogens is 3. The van der Waals surface area contributed by atoms with E-state index < -0.39 is 0 Å². The van der Waals surface area contributed by atoms with Gasteiger partial charge in [-0.3, -0.25) is 4.90 Å². The Morgan fingerprint density at radius 3 is 2.77 bits per heavy atom. The second-order valence-electron chi connectivity index (χ2n) is 5.41. The molecule has 0 aliphatic heterocycles. The molecular weight excluding hydrogens is 299 g/mol. The maximum absolute atomic E-state index is 13.9. The maximum Gasteiger partial charge on any atom is 0.151 e. The van der Waals surface area contributed by atoms with Crippen LogP contribution in [0.4, 0.5) is 4.39 Å². The summed E-state index contributed by atoms with van der Waals surface area (Å²) in [6, 6.07) is 5.11. The van der Waals surface area contributed by atoms with Crippen LogP contribution in [0, 0.1) is 12.7 Å². The minimum atomic E-state index is -0.260. The molecule has 1 aromatic carbocycles. The van der Waals surface area contributed by atoms with Gasteiger partial charge in [0, 0.05) is 18.5 Å². The number of hydrogen-bond donors (Lipinski definition) is 0. The third-order valence-corrected chi connectivity index (χ3v) is 4.46. The monoisotopic (exact) mass is 318 g/mol. The fraction of sp³-hybridized carbons (Fsp3) is 0.375. The van der Waals surface area contributed by atoms with Crippen LogP contribution < -0.4 is 0 Å². The number of halogens is 1. The van der Waals surface area contributed by atoms with Crippen LogP contribution in [0.25, 0.3) is 11.0 Å². The van der Waals surface area contributed by atoms with Crippen LogP contribution in [0.3, 0.4) is 0 Å². The third-order valence-electron chi connectivity index (χ3n) is 3.63. The molecule has 0 unspecified atom stereocenters. The van der Waals surface area contributed by atoms with Gasteiger partial charge in [0.1, 0.15) is 11.3 Å². The predicted molar refractivity (Wildman–Crippen MR) is 87.4 cm³/mol. The van der Waals surface area contributed by atoms with Crippen LogP contribution in [-0.4, -0.2) is 26.5 Å². The fourth-order valence-corrected chi connectivity index (χ4v) is 3.29. The van der Waals surface area contributed by atoms with Crippen LogP contribution in [0.15, 0.2) is 23.6 Å². The molecule has 3 aromatic rings. The van der Waals surface area contributed by atoms with Crippen molar-refractivity contribution in [3.63, 3.8) is 0 Å². The van der Waals surface area contributed by atoms with Gasteiger partial charge in [-0.1, -0.05) is 6.07 Å². The van der Waals surface area contributed by atoms with Crippen molar-refractivity contribution in [2.24, 2.45) is 0 Å². The van der Waals surface area contributed by atoms with E-state index in [9.17, 15) is 4.39 Å². The average molecular weight is 318 g/mol. The topological polar surface area (TPSA) is 34.0 Å². The number of para-hydroxylation sites is 1. The molecule has 2 heterocycles. The molecule has 0 aliphatic rings. The third kappa shape index (κ3) is 2.89. The molecule has 0 radical (unpaired) electrons. The highest BCUT2D eigenvalue weighted by Gasteiger charge is 2.14. The molecule has 0 bridgehead atoms. The van der Waals surface area contributed by atoms with E-state index in [4.69, 9.17) is 0 Å². The van der Waals surface area contributed by atoms with E-state index in [2.05, 4.69) is 31.7 Å². The fourth-order valence-electron chi connectivity index (χ4n) is 2.69. The number of imidazole rings is 1. The summed E-state index contributed by atoms with van der Waals surface area (Å²) >= 11 is 1.66. The summed E-state index contributed by atoms with van der Waals surface area (Å²) < 4.78 is 16.0. The molecule has 6 heteroatoms. The lowest BCUT2D eigenvalue weighted by Crippen LogP contribution is -2.20. The van der Waals surface area contributed by atoms with Crippen LogP contribution in [-0.2, 0) is 19.6 Å². The first kappa shape index (κ1) is 15.1. The molecule has 0 aliphatic carbocycles. The van der Waals surface area contributed by atoms with Gasteiger partial charge >= 0.3 is 0 Å². The molecule has 0 N–H and O–H groups in total. The zero-order valence-corrected chi connectivity index (χ0v) is 13.8. The Bertz CT molecular complexity index is 793. The molecule has 0 spiro atoms. The Labute approximate surface area is 133 Å². The highest BCUT2D eigenvalue weighted by molar-refractivity contribution is 7.09. The van der Waals surface area contributed by atoms with E-state index in [1.807, 2.05) is 20.0 Å². The van der Waals surface area contributed by atoms with E-state index in [0.717, 1.165) is 35.1 Å². The van der Waals surface area contributed by atoms with Gasteiger partial charge in [0.15, 0.2) is 5.82 Å². The van der Waals surface area contributed by atoms with Crippen LogP contribution >= 0.6 is 11.3 Å². The van der Waals surface area contributed by atoms with Gasteiger partial charge < -0.3 is 4.57 Å². The molecule has 0 fully saturated rings. The van der Waals surface area contributed by atoms with Crippen molar-refractivity contribution in [1.29, 1.82) is 0 Å². The van der Waals surface area contributed by atoms with Crippen LogP contribution in [0.5, 0.6) is 0 Å². The van der Waals surface area contributed by atoms with Crippen molar-refractivity contribution in [3.05, 3.63) is 45.9 Å². The minimum absolute atomic E-state index is 0.260. The summed E-state index contributed by atoms with van der Waals surface area (Å²) in [5.41, 5.74) is 2.38. The smallest absolute Gasteiger partial charge is 0.151 e. The van der Waals surface area contributed by atoms with E-state index >= 15 is 0 Å². The molecular formula is C16H19FN4S. The summed E-state index contributed by atoms with van der Waals surface area (Å²) in [4.78, 5) is 11.1. The molecule has 0 atom stereocenters. The van der Waals surface area contributed by atoms with Crippen LogP contribution in [0.1, 0.15) is 23.4 Å². The second kappa shape index (κ2) is 6.14. The zero-order valence-electron chi connectivity index (χ0n) is 13.0. The maximum atomic E-state index is 13.9. The summed E-state index contributed by atoms with van der Waals surface area (Å²) in [6.45, 7) is 6.27. The summed E-state index contributed by atoms with van der Waals surface area (Å²) in [5, 5.41) is 3.15. The van der Waals surface area contributed by atoms with Gasteiger partial charge in [-0.2, -0.15) is 0 Å². The predicted octanol–water partition coefficient (Wildman–Crippen LogP) is 3.59. The van der Waals surface area contributed by atoms with Gasteiger partial charge in [0.2, 0.25) is 0 Å².